The highest BCUT2D eigenvalue weighted by atomic mass is 35.5. The summed E-state index contributed by atoms with van der Waals surface area (Å²) in [4.78, 5) is 10.4. The zero-order valence-corrected chi connectivity index (χ0v) is 6.80. The summed E-state index contributed by atoms with van der Waals surface area (Å²) in [7, 11) is 0. The molecule has 0 fully saturated rings. The van der Waals surface area contributed by atoms with Crippen LogP contribution in [0.3, 0.4) is 0 Å². The van der Waals surface area contributed by atoms with E-state index in [2.05, 4.69) is 5.43 Å². The quantitative estimate of drug-likeness (QED) is 0.481. The number of halogens is 1. The first kappa shape index (κ1) is 8.83. The van der Waals surface area contributed by atoms with Crippen molar-refractivity contribution in [3.05, 3.63) is 28.8 Å². The number of nitrogens with two attached hydrogens (primary N) is 1. The highest BCUT2D eigenvalue weighted by Gasteiger charge is 2.05. The lowest BCUT2D eigenvalue weighted by Gasteiger charge is -2.02. The molecule has 0 saturated carbocycles. The molecule has 0 bridgehead atoms. The number of hydrogen-bond acceptors (Lipinski definition) is 3. The van der Waals surface area contributed by atoms with Crippen molar-refractivity contribution in [2.75, 3.05) is 5.43 Å². The average Bonchev–Trinajstić information content (AvgIpc) is 2.04. The van der Waals surface area contributed by atoms with E-state index in [4.69, 9.17) is 22.6 Å². The molecule has 5 heteroatoms. The molecule has 0 aliphatic rings. The number of carboxylic acid groups (broad SMARTS) is 1. The lowest BCUT2D eigenvalue weighted by atomic mass is 10.2. The maximum absolute atomic E-state index is 10.4. The van der Waals surface area contributed by atoms with Crippen molar-refractivity contribution in [1.82, 2.24) is 0 Å². The predicted octanol–water partition coefficient (Wildman–Crippen LogP) is 1.32. The molecule has 64 valence electrons. The Bertz CT molecular complexity index is 314. The van der Waals surface area contributed by atoms with Gasteiger partial charge in [-0.3, -0.25) is 5.84 Å². The van der Waals surface area contributed by atoms with Gasteiger partial charge in [-0.1, -0.05) is 11.6 Å². The molecule has 0 amide bonds. The molecule has 1 aromatic carbocycles. The molecular weight excluding hydrogens is 180 g/mol. The van der Waals surface area contributed by atoms with Gasteiger partial charge in [0.25, 0.3) is 0 Å². The van der Waals surface area contributed by atoms with Crippen LogP contribution in [0.2, 0.25) is 5.02 Å². The number of carbonyl (C=O) groups is 1. The van der Waals surface area contributed by atoms with Gasteiger partial charge in [0.15, 0.2) is 0 Å². The number of aromatic carboxylic acids is 1. The Morgan fingerprint density at radius 2 is 2.25 bits per heavy atom. The second-order valence-electron chi connectivity index (χ2n) is 2.14. The number of benzene rings is 1. The number of nitrogen functional groups attached to an aromatic ring is 1. The summed E-state index contributed by atoms with van der Waals surface area (Å²) >= 11 is 5.67. The molecule has 0 atom stereocenters. The molecule has 0 unspecified atom stereocenters. The smallest absolute Gasteiger partial charge is 0.335 e. The van der Waals surface area contributed by atoms with Crippen LogP contribution in [0.4, 0.5) is 5.69 Å². The molecule has 0 saturated heterocycles. The Balaban J connectivity index is 3.10. The van der Waals surface area contributed by atoms with E-state index >= 15 is 0 Å². The topological polar surface area (TPSA) is 75.3 Å². The van der Waals surface area contributed by atoms with E-state index in [0.717, 1.165) is 0 Å². The van der Waals surface area contributed by atoms with Crippen molar-refractivity contribution < 1.29 is 9.90 Å². The first-order valence-corrected chi connectivity index (χ1v) is 3.52. The SMILES string of the molecule is NNc1ccc(C(=O)O)cc1Cl. The number of carboxylic acids is 1. The van der Waals surface area contributed by atoms with Gasteiger partial charge >= 0.3 is 5.97 Å². The lowest BCUT2D eigenvalue weighted by Crippen LogP contribution is -2.07. The van der Waals surface area contributed by atoms with Crippen molar-refractivity contribution in [3.63, 3.8) is 0 Å². The minimum Gasteiger partial charge on any atom is -0.478 e. The predicted molar refractivity (Wildman–Crippen MR) is 46.2 cm³/mol. The Morgan fingerprint density at radius 3 is 2.67 bits per heavy atom. The van der Waals surface area contributed by atoms with Gasteiger partial charge in [0.05, 0.1) is 16.3 Å². The van der Waals surface area contributed by atoms with Gasteiger partial charge in [-0.15, -0.1) is 0 Å². The van der Waals surface area contributed by atoms with Gasteiger partial charge in [-0.2, -0.15) is 0 Å². The van der Waals surface area contributed by atoms with Crippen molar-refractivity contribution in [2.24, 2.45) is 5.84 Å². The van der Waals surface area contributed by atoms with Gasteiger partial charge < -0.3 is 10.5 Å². The molecule has 1 aromatic rings. The van der Waals surface area contributed by atoms with E-state index in [1.165, 1.54) is 18.2 Å². The monoisotopic (exact) mass is 186 g/mol. The maximum Gasteiger partial charge on any atom is 0.335 e. The molecule has 12 heavy (non-hydrogen) atoms. The fraction of sp³-hybridized carbons (Fsp3) is 0. The standard InChI is InChI=1S/C7H7ClN2O2/c8-5-3-4(7(11)12)1-2-6(5)10-9/h1-3,10H,9H2,(H,11,12). The van der Waals surface area contributed by atoms with Crippen molar-refractivity contribution in [3.8, 4) is 0 Å². The molecule has 0 aliphatic carbocycles. The van der Waals surface area contributed by atoms with Gasteiger partial charge in [0.2, 0.25) is 0 Å². The van der Waals surface area contributed by atoms with Crippen LogP contribution in [0.25, 0.3) is 0 Å². The summed E-state index contributed by atoms with van der Waals surface area (Å²) in [5.74, 6) is 4.08. The molecule has 0 spiro atoms. The average molecular weight is 187 g/mol. The molecule has 1 rings (SSSR count). The maximum atomic E-state index is 10.4. The van der Waals surface area contributed by atoms with E-state index in [1.54, 1.807) is 0 Å². The van der Waals surface area contributed by atoms with Crippen molar-refractivity contribution in [2.45, 2.75) is 0 Å². The largest absolute Gasteiger partial charge is 0.478 e. The van der Waals surface area contributed by atoms with Gasteiger partial charge in [0.1, 0.15) is 0 Å². The van der Waals surface area contributed by atoms with Crippen molar-refractivity contribution in [1.29, 1.82) is 0 Å². The van der Waals surface area contributed by atoms with E-state index in [9.17, 15) is 4.79 Å². The summed E-state index contributed by atoms with van der Waals surface area (Å²) in [6.45, 7) is 0. The second-order valence-corrected chi connectivity index (χ2v) is 2.55. The normalized spacial score (nSPS) is 9.50. The Kier molecular flexibility index (Phi) is 2.52. The zero-order chi connectivity index (χ0) is 9.14. The highest BCUT2D eigenvalue weighted by Crippen LogP contribution is 2.21. The lowest BCUT2D eigenvalue weighted by molar-refractivity contribution is 0.0697. The first-order valence-electron chi connectivity index (χ1n) is 3.14. The fourth-order valence-corrected chi connectivity index (χ4v) is 1.00. The summed E-state index contributed by atoms with van der Waals surface area (Å²) in [6, 6.07) is 4.26. The minimum atomic E-state index is -1.01. The van der Waals surface area contributed by atoms with E-state index < -0.39 is 5.97 Å². The summed E-state index contributed by atoms with van der Waals surface area (Å²) in [5.41, 5.74) is 2.98. The first-order chi connectivity index (χ1) is 5.65. The van der Waals surface area contributed by atoms with E-state index in [0.29, 0.717) is 5.69 Å². The third-order valence-electron chi connectivity index (χ3n) is 1.37. The molecule has 0 radical (unpaired) electrons. The molecule has 0 aliphatic heterocycles. The second kappa shape index (κ2) is 3.42. The van der Waals surface area contributed by atoms with E-state index in [1.807, 2.05) is 0 Å². The fourth-order valence-electron chi connectivity index (χ4n) is 0.765. The zero-order valence-electron chi connectivity index (χ0n) is 6.04. The molecule has 0 heterocycles. The van der Waals surface area contributed by atoms with Gasteiger partial charge in [0, 0.05) is 0 Å². The van der Waals surface area contributed by atoms with Crippen LogP contribution in [0, 0.1) is 0 Å². The van der Waals surface area contributed by atoms with Crippen molar-refractivity contribution >= 4 is 23.3 Å². The van der Waals surface area contributed by atoms with Crippen LogP contribution >= 0.6 is 11.6 Å². The third-order valence-corrected chi connectivity index (χ3v) is 1.68. The van der Waals surface area contributed by atoms with Crippen LogP contribution in [-0.4, -0.2) is 11.1 Å². The van der Waals surface area contributed by atoms with Gasteiger partial charge in [-0.25, -0.2) is 4.79 Å². The molecular formula is C7H7ClN2O2. The Morgan fingerprint density at radius 1 is 1.58 bits per heavy atom. The molecule has 4 N–H and O–H groups in total. The summed E-state index contributed by atoms with van der Waals surface area (Å²) < 4.78 is 0. The van der Waals surface area contributed by atoms with E-state index in [-0.39, 0.29) is 10.6 Å². The number of rotatable bonds is 2. The Hall–Kier alpha value is -1.26. The van der Waals surface area contributed by atoms with Crippen LogP contribution < -0.4 is 11.3 Å². The minimum absolute atomic E-state index is 0.138. The summed E-state index contributed by atoms with van der Waals surface area (Å²) in [6.07, 6.45) is 0. The number of hydrazine groups is 1. The highest BCUT2D eigenvalue weighted by molar-refractivity contribution is 6.33. The third kappa shape index (κ3) is 1.66. The van der Waals surface area contributed by atoms with Gasteiger partial charge in [-0.05, 0) is 18.2 Å². The molecule has 4 nitrogen and oxygen atoms in total. The van der Waals surface area contributed by atoms with Crippen LogP contribution in [-0.2, 0) is 0 Å². The number of hydrogen-bond donors (Lipinski definition) is 3. The number of nitrogens with one attached hydrogen (secondary N) is 1. The van der Waals surface area contributed by atoms with Crippen LogP contribution in [0.5, 0.6) is 0 Å². The number of anilines is 1. The molecule has 0 aromatic heterocycles. The van der Waals surface area contributed by atoms with Crippen LogP contribution in [0.1, 0.15) is 10.4 Å². The van der Waals surface area contributed by atoms with Crippen LogP contribution in [0.15, 0.2) is 18.2 Å². The summed E-state index contributed by atoms with van der Waals surface area (Å²) in [5, 5.41) is 8.85. The Labute approximate surface area is 73.9 Å².